The quantitative estimate of drug-likeness (QED) is 0.817. The summed E-state index contributed by atoms with van der Waals surface area (Å²) in [6, 6.07) is 2.25. The first-order valence-corrected chi connectivity index (χ1v) is 7.28. The van der Waals surface area contributed by atoms with E-state index in [2.05, 4.69) is 18.0 Å². The van der Waals surface area contributed by atoms with E-state index in [4.69, 9.17) is 5.73 Å². The molecule has 90 valence electrons. The largest absolute Gasteiger partial charge is 0.397 e. The molecular formula is C14H18N2S. The zero-order valence-corrected chi connectivity index (χ0v) is 11.0. The molecule has 17 heavy (non-hydrogen) atoms. The standard InChI is InChI=1S/C14H18N2S/c1-9-7-11(10-5-3-2-4-6-10)13-12(15)8-17-14(13)16-9/h7-8,10H,2-6,15H2,1H3. The van der Waals surface area contributed by atoms with Gasteiger partial charge in [-0.3, -0.25) is 0 Å². The molecule has 1 fully saturated rings. The molecule has 0 radical (unpaired) electrons. The first-order chi connectivity index (χ1) is 8.25. The molecule has 0 aliphatic heterocycles. The number of pyridine rings is 1. The topological polar surface area (TPSA) is 38.9 Å². The molecule has 2 aromatic rings. The number of aromatic nitrogens is 1. The van der Waals surface area contributed by atoms with Gasteiger partial charge in [-0.15, -0.1) is 11.3 Å². The van der Waals surface area contributed by atoms with Gasteiger partial charge in [0, 0.05) is 16.5 Å². The molecule has 0 bridgehead atoms. The maximum Gasteiger partial charge on any atom is 0.125 e. The van der Waals surface area contributed by atoms with Gasteiger partial charge in [0.25, 0.3) is 0 Å². The van der Waals surface area contributed by atoms with Crippen LogP contribution in [0.2, 0.25) is 0 Å². The molecule has 2 heterocycles. The van der Waals surface area contributed by atoms with Crippen LogP contribution in [0, 0.1) is 6.92 Å². The lowest BCUT2D eigenvalue weighted by atomic mass is 9.83. The fraction of sp³-hybridized carbons (Fsp3) is 0.500. The van der Waals surface area contributed by atoms with Crippen molar-refractivity contribution in [1.29, 1.82) is 0 Å². The Bertz CT molecular complexity index is 538. The molecule has 3 heteroatoms. The van der Waals surface area contributed by atoms with E-state index in [-0.39, 0.29) is 0 Å². The van der Waals surface area contributed by atoms with Crippen LogP contribution in [0.25, 0.3) is 10.2 Å². The van der Waals surface area contributed by atoms with E-state index in [1.807, 2.05) is 5.38 Å². The zero-order valence-electron chi connectivity index (χ0n) is 10.2. The SMILES string of the molecule is Cc1cc(C2CCCCC2)c2c(N)csc2n1. The van der Waals surface area contributed by atoms with Gasteiger partial charge in [0.1, 0.15) is 4.83 Å². The van der Waals surface area contributed by atoms with Gasteiger partial charge in [-0.2, -0.15) is 0 Å². The Kier molecular flexibility index (Phi) is 2.79. The smallest absolute Gasteiger partial charge is 0.125 e. The third-order valence-corrected chi connectivity index (χ3v) is 4.67. The number of rotatable bonds is 1. The minimum Gasteiger partial charge on any atom is -0.397 e. The molecule has 1 saturated carbocycles. The fourth-order valence-corrected chi connectivity index (χ4v) is 3.86. The molecule has 1 aliphatic carbocycles. The number of nitrogens with zero attached hydrogens (tertiary/aromatic N) is 1. The number of hydrogen-bond acceptors (Lipinski definition) is 3. The maximum absolute atomic E-state index is 6.10. The zero-order chi connectivity index (χ0) is 11.8. The van der Waals surface area contributed by atoms with Crippen molar-refractivity contribution >= 4 is 27.2 Å². The molecule has 0 aromatic carbocycles. The van der Waals surface area contributed by atoms with Gasteiger partial charge in [-0.1, -0.05) is 19.3 Å². The van der Waals surface area contributed by atoms with E-state index >= 15 is 0 Å². The molecule has 0 spiro atoms. The molecule has 3 rings (SSSR count). The van der Waals surface area contributed by atoms with Crippen LogP contribution in [0.1, 0.15) is 49.3 Å². The normalized spacial score (nSPS) is 17.7. The Morgan fingerprint density at radius 1 is 1.29 bits per heavy atom. The number of fused-ring (bicyclic) bond motifs is 1. The van der Waals surface area contributed by atoms with Gasteiger partial charge in [-0.05, 0) is 37.3 Å². The predicted molar refractivity (Wildman–Crippen MR) is 74.6 cm³/mol. The number of nitrogens with two attached hydrogens (primary N) is 1. The summed E-state index contributed by atoms with van der Waals surface area (Å²) in [5, 5.41) is 3.26. The number of aryl methyl sites for hydroxylation is 1. The van der Waals surface area contributed by atoms with E-state index in [1.165, 1.54) is 43.1 Å². The molecule has 2 N–H and O–H groups in total. The Labute approximate surface area is 106 Å². The van der Waals surface area contributed by atoms with Crippen LogP contribution in [-0.4, -0.2) is 4.98 Å². The van der Waals surface area contributed by atoms with Crippen LogP contribution in [0.4, 0.5) is 5.69 Å². The van der Waals surface area contributed by atoms with Crippen molar-refractivity contribution < 1.29 is 0 Å². The van der Waals surface area contributed by atoms with E-state index < -0.39 is 0 Å². The molecule has 1 aliphatic rings. The van der Waals surface area contributed by atoms with Gasteiger partial charge >= 0.3 is 0 Å². The average molecular weight is 246 g/mol. The summed E-state index contributed by atoms with van der Waals surface area (Å²) in [6.07, 6.45) is 6.74. The van der Waals surface area contributed by atoms with Crippen LogP contribution in [0.3, 0.4) is 0 Å². The second-order valence-electron chi connectivity index (χ2n) is 5.06. The van der Waals surface area contributed by atoms with E-state index in [9.17, 15) is 0 Å². The summed E-state index contributed by atoms with van der Waals surface area (Å²) in [5.41, 5.74) is 9.59. The summed E-state index contributed by atoms with van der Waals surface area (Å²) in [7, 11) is 0. The Morgan fingerprint density at radius 2 is 2.06 bits per heavy atom. The van der Waals surface area contributed by atoms with E-state index in [0.29, 0.717) is 5.92 Å². The first kappa shape index (κ1) is 11.0. The molecular weight excluding hydrogens is 228 g/mol. The summed E-state index contributed by atoms with van der Waals surface area (Å²) in [5.74, 6) is 0.699. The second kappa shape index (κ2) is 4.30. The van der Waals surface area contributed by atoms with Crippen LogP contribution in [-0.2, 0) is 0 Å². The second-order valence-corrected chi connectivity index (χ2v) is 5.92. The van der Waals surface area contributed by atoms with Crippen molar-refractivity contribution in [2.45, 2.75) is 44.9 Å². The van der Waals surface area contributed by atoms with Crippen molar-refractivity contribution in [3.63, 3.8) is 0 Å². The molecule has 2 aromatic heterocycles. The van der Waals surface area contributed by atoms with Crippen LogP contribution < -0.4 is 5.73 Å². The summed E-state index contributed by atoms with van der Waals surface area (Å²) in [4.78, 5) is 5.70. The van der Waals surface area contributed by atoms with Gasteiger partial charge in [0.2, 0.25) is 0 Å². The van der Waals surface area contributed by atoms with Crippen molar-refractivity contribution in [1.82, 2.24) is 4.98 Å². The highest BCUT2D eigenvalue weighted by molar-refractivity contribution is 7.17. The van der Waals surface area contributed by atoms with E-state index in [1.54, 1.807) is 11.3 Å². The van der Waals surface area contributed by atoms with E-state index in [0.717, 1.165) is 16.2 Å². The van der Waals surface area contributed by atoms with Crippen LogP contribution >= 0.6 is 11.3 Å². The minimum atomic E-state index is 0.699. The molecule has 0 unspecified atom stereocenters. The lowest BCUT2D eigenvalue weighted by Gasteiger charge is -2.23. The fourth-order valence-electron chi connectivity index (χ4n) is 2.96. The third-order valence-electron chi connectivity index (χ3n) is 3.78. The highest BCUT2D eigenvalue weighted by Gasteiger charge is 2.20. The number of thiophene rings is 1. The third kappa shape index (κ3) is 1.93. The lowest BCUT2D eigenvalue weighted by Crippen LogP contribution is -2.06. The molecule has 0 saturated heterocycles. The Balaban J connectivity index is 2.15. The monoisotopic (exact) mass is 246 g/mol. The van der Waals surface area contributed by atoms with Gasteiger partial charge in [-0.25, -0.2) is 4.98 Å². The minimum absolute atomic E-state index is 0.699. The highest BCUT2D eigenvalue weighted by atomic mass is 32.1. The van der Waals surface area contributed by atoms with Crippen molar-refractivity contribution in [3.05, 3.63) is 22.7 Å². The first-order valence-electron chi connectivity index (χ1n) is 6.40. The number of hydrogen-bond donors (Lipinski definition) is 1. The highest BCUT2D eigenvalue weighted by Crippen LogP contribution is 2.40. The summed E-state index contributed by atoms with van der Waals surface area (Å²) >= 11 is 1.67. The van der Waals surface area contributed by atoms with Gasteiger partial charge in [0.15, 0.2) is 0 Å². The predicted octanol–water partition coefficient (Wildman–Crippen LogP) is 4.23. The Morgan fingerprint density at radius 3 is 2.82 bits per heavy atom. The van der Waals surface area contributed by atoms with Crippen molar-refractivity contribution in [2.24, 2.45) is 0 Å². The number of nitrogen functional groups attached to an aromatic ring is 1. The Hall–Kier alpha value is -1.09. The van der Waals surface area contributed by atoms with Crippen molar-refractivity contribution in [2.75, 3.05) is 5.73 Å². The lowest BCUT2D eigenvalue weighted by molar-refractivity contribution is 0.445. The summed E-state index contributed by atoms with van der Waals surface area (Å²) < 4.78 is 0. The maximum atomic E-state index is 6.10. The molecule has 2 nitrogen and oxygen atoms in total. The average Bonchev–Trinajstić information content (AvgIpc) is 2.71. The molecule has 0 atom stereocenters. The molecule has 0 amide bonds. The van der Waals surface area contributed by atoms with Gasteiger partial charge < -0.3 is 5.73 Å². The summed E-state index contributed by atoms with van der Waals surface area (Å²) in [6.45, 7) is 2.08. The van der Waals surface area contributed by atoms with Crippen LogP contribution in [0.5, 0.6) is 0 Å². The van der Waals surface area contributed by atoms with Gasteiger partial charge in [0.05, 0.1) is 5.69 Å². The van der Waals surface area contributed by atoms with Crippen molar-refractivity contribution in [3.8, 4) is 0 Å². The van der Waals surface area contributed by atoms with Crippen LogP contribution in [0.15, 0.2) is 11.4 Å². The number of anilines is 1.